The molecule has 0 bridgehead atoms. The monoisotopic (exact) mass is 222 g/mol. The summed E-state index contributed by atoms with van der Waals surface area (Å²) in [4.78, 5) is 38.6. The zero-order valence-corrected chi connectivity index (χ0v) is 8.09. The molecule has 0 aromatic rings. The van der Waals surface area contributed by atoms with Gasteiger partial charge in [0, 0.05) is 0 Å². The molecular formula is C7H10O8. The number of hydrogen-bond donors (Lipinski definition) is 1. The molecule has 0 amide bonds. The summed E-state index contributed by atoms with van der Waals surface area (Å²) in [5, 5.41) is 8.09. The van der Waals surface area contributed by atoms with E-state index in [1.165, 1.54) is 0 Å². The lowest BCUT2D eigenvalue weighted by atomic mass is 10.5. The molecule has 0 aliphatic carbocycles. The molecule has 0 spiro atoms. The Labute approximate surface area is 84.6 Å². The van der Waals surface area contributed by atoms with Crippen LogP contribution < -0.4 is 0 Å². The highest BCUT2D eigenvalue weighted by atomic mass is 17.3. The molecule has 8 heteroatoms. The largest absolute Gasteiger partial charge is 0.550 e. The Bertz CT molecular complexity index is 245. The molecular weight excluding hydrogens is 212 g/mol. The Hall–Kier alpha value is -1.99. The molecule has 0 atom stereocenters. The van der Waals surface area contributed by atoms with Gasteiger partial charge in [0.05, 0.1) is 6.10 Å². The number of carbonyl (C=O) groups is 3. The average molecular weight is 222 g/mol. The quantitative estimate of drug-likeness (QED) is 0.422. The van der Waals surface area contributed by atoms with Crippen molar-refractivity contribution in [3.8, 4) is 0 Å². The number of carboxylic acids is 1. The summed E-state index contributed by atoms with van der Waals surface area (Å²) < 4.78 is 8.38. The van der Waals surface area contributed by atoms with E-state index in [4.69, 9.17) is 5.11 Å². The molecule has 1 N–H and O–H groups in total. The standard InChI is InChI=1S/C7H10O8/c1-4(2)13-7(11)15-14-6(10)12-3-5(8)9/h4H,3H2,1-2H3,(H,8,9). The van der Waals surface area contributed by atoms with Crippen molar-refractivity contribution >= 4 is 18.3 Å². The lowest BCUT2D eigenvalue weighted by Crippen LogP contribution is -2.18. The summed E-state index contributed by atoms with van der Waals surface area (Å²) in [5.41, 5.74) is 0. The highest BCUT2D eigenvalue weighted by Gasteiger charge is 2.14. The van der Waals surface area contributed by atoms with E-state index in [-0.39, 0.29) is 0 Å². The van der Waals surface area contributed by atoms with Gasteiger partial charge in [0.25, 0.3) is 0 Å². The van der Waals surface area contributed by atoms with Crippen LogP contribution >= 0.6 is 0 Å². The molecule has 0 radical (unpaired) electrons. The first kappa shape index (κ1) is 13.0. The van der Waals surface area contributed by atoms with Gasteiger partial charge in [0.2, 0.25) is 0 Å². The second-order valence-electron chi connectivity index (χ2n) is 2.52. The molecule has 0 fully saturated rings. The van der Waals surface area contributed by atoms with Gasteiger partial charge in [-0.25, -0.2) is 4.79 Å². The first-order valence-corrected chi connectivity index (χ1v) is 3.85. The van der Waals surface area contributed by atoms with E-state index in [0.29, 0.717) is 0 Å². The normalized spacial score (nSPS) is 9.27. The van der Waals surface area contributed by atoms with E-state index in [1.54, 1.807) is 13.8 Å². The topological polar surface area (TPSA) is 108 Å². The summed E-state index contributed by atoms with van der Waals surface area (Å²) in [6.07, 6.45) is -3.11. The summed E-state index contributed by atoms with van der Waals surface area (Å²) in [6.45, 7) is 2.23. The van der Waals surface area contributed by atoms with Crippen molar-refractivity contribution in [1.29, 1.82) is 0 Å². The van der Waals surface area contributed by atoms with Crippen molar-refractivity contribution in [2.24, 2.45) is 0 Å². The first-order valence-electron chi connectivity index (χ1n) is 3.85. The van der Waals surface area contributed by atoms with Crippen LogP contribution in [0.3, 0.4) is 0 Å². The molecule has 0 saturated carbocycles. The van der Waals surface area contributed by atoms with E-state index in [9.17, 15) is 14.4 Å². The van der Waals surface area contributed by atoms with Crippen LogP contribution in [-0.4, -0.2) is 36.1 Å². The number of carbonyl (C=O) groups excluding carboxylic acids is 2. The van der Waals surface area contributed by atoms with Crippen molar-refractivity contribution in [2.75, 3.05) is 6.61 Å². The van der Waals surface area contributed by atoms with Crippen LogP contribution in [0.25, 0.3) is 0 Å². The number of aliphatic carboxylic acids is 1. The van der Waals surface area contributed by atoms with Crippen LogP contribution in [0, 0.1) is 0 Å². The van der Waals surface area contributed by atoms with Crippen molar-refractivity contribution in [3.05, 3.63) is 0 Å². The zero-order valence-electron chi connectivity index (χ0n) is 8.09. The van der Waals surface area contributed by atoms with E-state index in [2.05, 4.69) is 19.2 Å². The molecule has 86 valence electrons. The molecule has 0 rings (SSSR count). The van der Waals surface area contributed by atoms with Crippen LogP contribution in [0.15, 0.2) is 0 Å². The number of carboxylic acid groups (broad SMARTS) is 1. The van der Waals surface area contributed by atoms with E-state index < -0.39 is 31.0 Å². The molecule has 8 nitrogen and oxygen atoms in total. The Morgan fingerprint density at radius 2 is 1.67 bits per heavy atom. The van der Waals surface area contributed by atoms with Crippen molar-refractivity contribution in [2.45, 2.75) is 20.0 Å². The maximum Gasteiger partial charge on any atom is 0.550 e. The zero-order chi connectivity index (χ0) is 11.8. The van der Waals surface area contributed by atoms with Gasteiger partial charge in [-0.2, -0.15) is 19.4 Å². The maximum absolute atomic E-state index is 10.6. The van der Waals surface area contributed by atoms with Crippen molar-refractivity contribution in [1.82, 2.24) is 0 Å². The highest BCUT2D eigenvalue weighted by molar-refractivity contribution is 5.71. The fourth-order valence-electron chi connectivity index (χ4n) is 0.425. The minimum atomic E-state index is -1.45. The third-order valence-corrected chi connectivity index (χ3v) is 0.823. The van der Waals surface area contributed by atoms with E-state index in [0.717, 1.165) is 0 Å². The fraction of sp³-hybridized carbons (Fsp3) is 0.571. The molecule has 0 unspecified atom stereocenters. The third-order valence-electron chi connectivity index (χ3n) is 0.823. The second-order valence-corrected chi connectivity index (χ2v) is 2.52. The van der Waals surface area contributed by atoms with Crippen LogP contribution in [0.1, 0.15) is 13.8 Å². The highest BCUT2D eigenvalue weighted by Crippen LogP contribution is 1.95. The second kappa shape index (κ2) is 6.46. The Morgan fingerprint density at radius 1 is 1.13 bits per heavy atom. The van der Waals surface area contributed by atoms with Crippen molar-refractivity contribution < 1.29 is 38.7 Å². The van der Waals surface area contributed by atoms with Crippen LogP contribution in [0.5, 0.6) is 0 Å². The SMILES string of the molecule is CC(C)OC(=O)OOC(=O)OCC(=O)O. The van der Waals surface area contributed by atoms with Gasteiger partial charge in [0.1, 0.15) is 0 Å². The number of hydrogen-bond acceptors (Lipinski definition) is 7. The molecule has 0 aliphatic rings. The third kappa shape index (κ3) is 8.34. The van der Waals surface area contributed by atoms with Crippen molar-refractivity contribution in [3.63, 3.8) is 0 Å². The number of ether oxygens (including phenoxy) is 2. The fourth-order valence-corrected chi connectivity index (χ4v) is 0.425. The summed E-state index contributed by atoms with van der Waals surface area (Å²) in [5.74, 6) is -1.36. The lowest BCUT2D eigenvalue weighted by Gasteiger charge is -2.06. The molecule has 15 heavy (non-hydrogen) atoms. The van der Waals surface area contributed by atoms with Crippen LogP contribution in [0.4, 0.5) is 9.59 Å². The Morgan fingerprint density at radius 3 is 2.13 bits per heavy atom. The molecule has 0 heterocycles. The van der Waals surface area contributed by atoms with Gasteiger partial charge in [-0.3, -0.25) is 0 Å². The van der Waals surface area contributed by atoms with Crippen LogP contribution in [0.2, 0.25) is 0 Å². The summed E-state index contributed by atoms with van der Waals surface area (Å²) in [7, 11) is 0. The minimum absolute atomic E-state index is 0.434. The van der Waals surface area contributed by atoms with Gasteiger partial charge in [-0.15, -0.1) is 0 Å². The van der Waals surface area contributed by atoms with Gasteiger partial charge in [-0.1, -0.05) is 0 Å². The maximum atomic E-state index is 10.6. The molecule has 0 aromatic carbocycles. The Kier molecular flexibility index (Phi) is 5.60. The predicted molar refractivity (Wildman–Crippen MR) is 42.8 cm³/mol. The first-order chi connectivity index (χ1) is 6.91. The Balaban J connectivity index is 3.62. The average Bonchev–Trinajstić information content (AvgIpc) is 2.10. The molecule has 0 aromatic heterocycles. The van der Waals surface area contributed by atoms with Gasteiger partial charge in [0.15, 0.2) is 6.61 Å². The molecule has 0 aliphatic heterocycles. The minimum Gasteiger partial charge on any atom is -0.479 e. The van der Waals surface area contributed by atoms with E-state index >= 15 is 0 Å². The van der Waals surface area contributed by atoms with Gasteiger partial charge < -0.3 is 14.6 Å². The smallest absolute Gasteiger partial charge is 0.479 e. The predicted octanol–water partition coefficient (Wildman–Crippen LogP) is 0.701. The van der Waals surface area contributed by atoms with E-state index in [1.807, 2.05) is 0 Å². The lowest BCUT2D eigenvalue weighted by molar-refractivity contribution is -0.220. The molecule has 0 saturated heterocycles. The summed E-state index contributed by atoms with van der Waals surface area (Å²) >= 11 is 0. The number of rotatable bonds is 3. The van der Waals surface area contributed by atoms with Gasteiger partial charge >= 0.3 is 18.3 Å². The van der Waals surface area contributed by atoms with Gasteiger partial charge in [-0.05, 0) is 13.8 Å². The van der Waals surface area contributed by atoms with Crippen LogP contribution in [-0.2, 0) is 24.0 Å². The summed E-state index contributed by atoms with van der Waals surface area (Å²) in [6, 6.07) is 0.